The minimum Gasteiger partial charge on any atom is -0.391 e. The molecule has 0 bridgehead atoms. The number of halogens is 1. The Morgan fingerprint density at radius 3 is 2.73 bits per heavy atom. The van der Waals surface area contributed by atoms with Crippen LogP contribution in [0.4, 0.5) is 4.39 Å². The zero-order valence-corrected chi connectivity index (χ0v) is 8.23. The number of hydrogen-bond donors (Lipinski definition) is 1. The standard InChI is InChI=1S/C12H12FNO/c13-10-3-1-2-9(6-10)11(7-14)12(15)8-4-5-8/h1-3,6,8,11-12,15H,4-5H2. The van der Waals surface area contributed by atoms with Crippen LogP contribution >= 0.6 is 0 Å². The van der Waals surface area contributed by atoms with Gasteiger partial charge in [0, 0.05) is 0 Å². The van der Waals surface area contributed by atoms with Gasteiger partial charge in [-0.1, -0.05) is 12.1 Å². The van der Waals surface area contributed by atoms with Crippen LogP contribution in [0.15, 0.2) is 24.3 Å². The zero-order chi connectivity index (χ0) is 10.8. The first-order chi connectivity index (χ1) is 7.22. The Balaban J connectivity index is 2.22. The van der Waals surface area contributed by atoms with Crippen molar-refractivity contribution in [3.8, 4) is 6.07 Å². The van der Waals surface area contributed by atoms with Crippen LogP contribution in [0, 0.1) is 23.1 Å². The quantitative estimate of drug-likeness (QED) is 0.822. The van der Waals surface area contributed by atoms with Crippen LogP contribution in [-0.4, -0.2) is 11.2 Å². The number of nitrogens with zero attached hydrogens (tertiary/aromatic N) is 1. The average molecular weight is 205 g/mol. The Kier molecular flexibility index (Phi) is 2.70. The first kappa shape index (κ1) is 10.1. The van der Waals surface area contributed by atoms with Crippen molar-refractivity contribution in [1.29, 1.82) is 5.26 Å². The highest BCUT2D eigenvalue weighted by Gasteiger charge is 2.36. The molecule has 2 atom stereocenters. The molecule has 15 heavy (non-hydrogen) atoms. The van der Waals surface area contributed by atoms with E-state index >= 15 is 0 Å². The summed E-state index contributed by atoms with van der Waals surface area (Å²) in [4.78, 5) is 0. The minimum absolute atomic E-state index is 0.220. The summed E-state index contributed by atoms with van der Waals surface area (Å²) >= 11 is 0. The molecule has 2 unspecified atom stereocenters. The Morgan fingerprint density at radius 2 is 2.20 bits per heavy atom. The molecule has 78 valence electrons. The normalized spacial score (nSPS) is 19.3. The maximum atomic E-state index is 13.0. The summed E-state index contributed by atoms with van der Waals surface area (Å²) in [5.74, 6) is -0.748. The van der Waals surface area contributed by atoms with Crippen molar-refractivity contribution in [3.05, 3.63) is 35.6 Å². The second-order valence-electron chi connectivity index (χ2n) is 3.99. The SMILES string of the molecule is N#CC(c1cccc(F)c1)C(O)C1CC1. The third-order valence-corrected chi connectivity index (χ3v) is 2.79. The molecule has 1 fully saturated rings. The lowest BCUT2D eigenvalue weighted by atomic mass is 9.92. The molecule has 0 aliphatic heterocycles. The third kappa shape index (κ3) is 2.16. The summed E-state index contributed by atoms with van der Waals surface area (Å²) in [6.45, 7) is 0. The summed E-state index contributed by atoms with van der Waals surface area (Å²) < 4.78 is 13.0. The molecule has 0 radical (unpaired) electrons. The van der Waals surface area contributed by atoms with Crippen LogP contribution in [0.25, 0.3) is 0 Å². The topological polar surface area (TPSA) is 44.0 Å². The molecule has 2 nitrogen and oxygen atoms in total. The van der Waals surface area contributed by atoms with E-state index < -0.39 is 12.0 Å². The smallest absolute Gasteiger partial charge is 0.123 e. The van der Waals surface area contributed by atoms with Gasteiger partial charge in [0.15, 0.2) is 0 Å². The van der Waals surface area contributed by atoms with Gasteiger partial charge in [-0.3, -0.25) is 0 Å². The summed E-state index contributed by atoms with van der Waals surface area (Å²) in [5, 5.41) is 18.8. The van der Waals surface area contributed by atoms with Crippen molar-refractivity contribution in [2.75, 3.05) is 0 Å². The van der Waals surface area contributed by atoms with Crippen molar-refractivity contribution in [1.82, 2.24) is 0 Å². The summed E-state index contributed by atoms with van der Waals surface area (Å²) in [6, 6.07) is 7.95. The van der Waals surface area contributed by atoms with Gasteiger partial charge in [0.05, 0.1) is 18.1 Å². The summed E-state index contributed by atoms with van der Waals surface area (Å²) in [6.07, 6.45) is 1.28. The van der Waals surface area contributed by atoms with Gasteiger partial charge < -0.3 is 5.11 Å². The van der Waals surface area contributed by atoms with Crippen molar-refractivity contribution in [3.63, 3.8) is 0 Å². The third-order valence-electron chi connectivity index (χ3n) is 2.79. The first-order valence-electron chi connectivity index (χ1n) is 5.05. The van der Waals surface area contributed by atoms with E-state index in [4.69, 9.17) is 5.26 Å². The van der Waals surface area contributed by atoms with E-state index in [1.807, 2.05) is 0 Å². The molecule has 1 saturated carbocycles. The molecule has 3 heteroatoms. The van der Waals surface area contributed by atoms with Crippen LogP contribution in [0.1, 0.15) is 24.3 Å². The Labute approximate surface area is 88.0 Å². The second-order valence-corrected chi connectivity index (χ2v) is 3.99. The van der Waals surface area contributed by atoms with Crippen molar-refractivity contribution in [2.45, 2.75) is 24.9 Å². The molecule has 0 aromatic heterocycles. The van der Waals surface area contributed by atoms with Gasteiger partial charge in [-0.15, -0.1) is 0 Å². The van der Waals surface area contributed by atoms with Crippen LogP contribution in [0.5, 0.6) is 0 Å². The van der Waals surface area contributed by atoms with E-state index in [1.54, 1.807) is 12.1 Å². The van der Waals surface area contributed by atoms with E-state index in [0.29, 0.717) is 5.56 Å². The van der Waals surface area contributed by atoms with Gasteiger partial charge in [0.1, 0.15) is 5.82 Å². The highest BCUT2D eigenvalue weighted by Crippen LogP contribution is 2.38. The number of hydrogen-bond acceptors (Lipinski definition) is 2. The van der Waals surface area contributed by atoms with Gasteiger partial charge in [-0.2, -0.15) is 5.26 Å². The maximum absolute atomic E-state index is 13.0. The fourth-order valence-electron chi connectivity index (χ4n) is 1.76. The number of aliphatic hydroxyl groups excluding tert-OH is 1. The summed E-state index contributed by atoms with van der Waals surface area (Å²) in [7, 11) is 0. The Hall–Kier alpha value is -1.40. The van der Waals surface area contributed by atoms with Crippen molar-refractivity contribution in [2.24, 2.45) is 5.92 Å². The number of rotatable bonds is 3. The van der Waals surface area contributed by atoms with Crippen LogP contribution in [0.3, 0.4) is 0 Å². The Morgan fingerprint density at radius 1 is 1.47 bits per heavy atom. The fraction of sp³-hybridized carbons (Fsp3) is 0.417. The van der Waals surface area contributed by atoms with Gasteiger partial charge in [0.2, 0.25) is 0 Å². The molecule has 0 spiro atoms. The van der Waals surface area contributed by atoms with E-state index in [9.17, 15) is 9.50 Å². The van der Waals surface area contributed by atoms with Crippen molar-refractivity contribution < 1.29 is 9.50 Å². The molecule has 1 aromatic rings. The van der Waals surface area contributed by atoms with Crippen molar-refractivity contribution >= 4 is 0 Å². The molecule has 2 rings (SSSR count). The van der Waals surface area contributed by atoms with E-state index in [2.05, 4.69) is 6.07 Å². The zero-order valence-electron chi connectivity index (χ0n) is 8.23. The minimum atomic E-state index is -0.656. The molecule has 1 aromatic carbocycles. The lowest BCUT2D eigenvalue weighted by Crippen LogP contribution is -2.19. The molecular weight excluding hydrogens is 193 g/mol. The highest BCUT2D eigenvalue weighted by molar-refractivity contribution is 5.27. The van der Waals surface area contributed by atoms with E-state index in [-0.39, 0.29) is 11.7 Å². The number of benzene rings is 1. The van der Waals surface area contributed by atoms with Gasteiger partial charge >= 0.3 is 0 Å². The predicted molar refractivity (Wildman–Crippen MR) is 53.5 cm³/mol. The van der Waals surface area contributed by atoms with Crippen LogP contribution < -0.4 is 0 Å². The lowest BCUT2D eigenvalue weighted by Gasteiger charge is -2.16. The first-order valence-corrected chi connectivity index (χ1v) is 5.05. The predicted octanol–water partition coefficient (Wildman–Crippen LogP) is 2.20. The molecule has 1 aliphatic carbocycles. The van der Waals surface area contributed by atoms with Crippen LogP contribution in [0.2, 0.25) is 0 Å². The monoisotopic (exact) mass is 205 g/mol. The highest BCUT2D eigenvalue weighted by atomic mass is 19.1. The molecule has 0 heterocycles. The average Bonchev–Trinajstić information content (AvgIpc) is 3.02. The molecule has 1 N–H and O–H groups in total. The molecule has 0 amide bonds. The van der Waals surface area contributed by atoms with Crippen LogP contribution in [-0.2, 0) is 0 Å². The molecule has 0 saturated heterocycles. The second kappa shape index (κ2) is 4.00. The fourth-order valence-corrected chi connectivity index (χ4v) is 1.76. The van der Waals surface area contributed by atoms with Gasteiger partial charge in [0.25, 0.3) is 0 Å². The maximum Gasteiger partial charge on any atom is 0.123 e. The van der Waals surface area contributed by atoms with Gasteiger partial charge in [-0.05, 0) is 36.5 Å². The molecular formula is C12H12FNO. The van der Waals surface area contributed by atoms with E-state index in [1.165, 1.54) is 12.1 Å². The largest absolute Gasteiger partial charge is 0.391 e. The van der Waals surface area contributed by atoms with Gasteiger partial charge in [-0.25, -0.2) is 4.39 Å². The van der Waals surface area contributed by atoms with E-state index in [0.717, 1.165) is 12.8 Å². The molecule has 1 aliphatic rings. The number of nitriles is 1. The number of aliphatic hydroxyl groups is 1. The lowest BCUT2D eigenvalue weighted by molar-refractivity contribution is 0.138. The summed E-state index contributed by atoms with van der Waals surface area (Å²) in [5.41, 5.74) is 0.567. The Bertz CT molecular complexity index is 395.